The number of fused-ring (bicyclic) bond motifs is 3. The van der Waals surface area contributed by atoms with Crippen molar-refractivity contribution in [3.63, 3.8) is 0 Å². The van der Waals surface area contributed by atoms with Crippen LogP contribution in [0.5, 0.6) is 0 Å². The van der Waals surface area contributed by atoms with E-state index >= 15 is 0 Å². The molecule has 0 bridgehead atoms. The van der Waals surface area contributed by atoms with Crippen LogP contribution in [-0.4, -0.2) is 33.0 Å². The fraction of sp³-hybridized carbons (Fsp3) is 0.353. The lowest BCUT2D eigenvalue weighted by Crippen LogP contribution is -2.27. The number of amides is 1. The molecule has 1 amide bonds. The van der Waals surface area contributed by atoms with Crippen molar-refractivity contribution in [1.82, 2.24) is 9.38 Å². The summed E-state index contributed by atoms with van der Waals surface area (Å²) in [6.07, 6.45) is -0.991. The lowest BCUT2D eigenvalue weighted by Gasteiger charge is -2.20. The molecule has 0 unspecified atom stereocenters. The van der Waals surface area contributed by atoms with Gasteiger partial charge in [-0.1, -0.05) is 0 Å². The summed E-state index contributed by atoms with van der Waals surface area (Å²) in [5.74, 6) is -0.635. The van der Waals surface area contributed by atoms with E-state index in [1.165, 1.54) is 23.0 Å². The summed E-state index contributed by atoms with van der Waals surface area (Å²) in [6, 6.07) is 0. The first kappa shape index (κ1) is 18.0. The summed E-state index contributed by atoms with van der Waals surface area (Å²) in [6.45, 7) is 5.04. The lowest BCUT2D eigenvalue weighted by atomic mass is 9.92. The smallest absolute Gasteiger partial charge is 0.417 e. The highest BCUT2D eigenvalue weighted by Crippen LogP contribution is 2.41. The minimum atomic E-state index is -4.66. The first-order valence-electron chi connectivity index (χ1n) is 7.76. The van der Waals surface area contributed by atoms with E-state index in [1.54, 1.807) is 20.8 Å². The van der Waals surface area contributed by atoms with Crippen LogP contribution in [0.4, 0.5) is 23.8 Å². The molecule has 0 saturated carbocycles. The number of allylic oxidation sites excluding steroid dienone is 2. The Kier molecular flexibility index (Phi) is 4.05. The number of ether oxygens (including phenoxy) is 1. The molecule has 1 aliphatic rings. The second kappa shape index (κ2) is 5.86. The van der Waals surface area contributed by atoms with Crippen LogP contribution >= 0.6 is 0 Å². The van der Waals surface area contributed by atoms with E-state index < -0.39 is 29.2 Å². The summed E-state index contributed by atoms with van der Waals surface area (Å²) in [4.78, 5) is 27.9. The highest BCUT2D eigenvalue weighted by molar-refractivity contribution is 6.06. The van der Waals surface area contributed by atoms with Crippen molar-refractivity contribution in [2.45, 2.75) is 39.0 Å². The zero-order valence-electron chi connectivity index (χ0n) is 14.3. The van der Waals surface area contributed by atoms with Gasteiger partial charge >= 0.3 is 12.3 Å². The van der Waals surface area contributed by atoms with Gasteiger partial charge < -0.3 is 9.14 Å². The number of hydrogen-bond donors (Lipinski definition) is 1. The minimum Gasteiger partial charge on any atom is -0.444 e. The minimum absolute atomic E-state index is 0.0271. The second-order valence-corrected chi connectivity index (χ2v) is 6.88. The molecule has 0 aliphatic heterocycles. The average Bonchev–Trinajstić information content (AvgIpc) is 2.82. The number of carbonyl (C=O) groups excluding carboxylic acids is 2. The first-order chi connectivity index (χ1) is 12.0. The van der Waals surface area contributed by atoms with Gasteiger partial charge in [-0.05, 0) is 32.4 Å². The molecule has 0 atom stereocenters. The number of alkyl halides is 3. The van der Waals surface area contributed by atoms with Gasteiger partial charge in [-0.2, -0.15) is 13.2 Å². The second-order valence-electron chi connectivity index (χ2n) is 6.88. The van der Waals surface area contributed by atoms with Gasteiger partial charge in [-0.15, -0.1) is 0 Å². The number of aromatic nitrogens is 2. The summed E-state index contributed by atoms with van der Waals surface area (Å²) >= 11 is 0. The highest BCUT2D eigenvalue weighted by Gasteiger charge is 2.40. The maximum atomic E-state index is 13.3. The van der Waals surface area contributed by atoms with Crippen molar-refractivity contribution in [2.75, 3.05) is 5.32 Å². The molecule has 1 N–H and O–H groups in total. The van der Waals surface area contributed by atoms with Gasteiger partial charge in [0, 0.05) is 30.6 Å². The van der Waals surface area contributed by atoms with Crippen molar-refractivity contribution in [1.29, 1.82) is 0 Å². The first-order valence-corrected chi connectivity index (χ1v) is 7.76. The Bertz CT molecular complexity index is 936. The van der Waals surface area contributed by atoms with Crippen molar-refractivity contribution < 1.29 is 27.5 Å². The normalized spacial score (nSPS) is 14.8. The molecule has 0 saturated heterocycles. The van der Waals surface area contributed by atoms with Crippen LogP contribution in [0.15, 0.2) is 24.7 Å². The van der Waals surface area contributed by atoms with Crippen LogP contribution in [0.1, 0.15) is 31.9 Å². The molecule has 138 valence electrons. The number of rotatable bonds is 1. The number of anilines is 1. The van der Waals surface area contributed by atoms with Gasteiger partial charge in [0.2, 0.25) is 0 Å². The van der Waals surface area contributed by atoms with Gasteiger partial charge in [-0.25, -0.2) is 9.78 Å². The zero-order chi connectivity index (χ0) is 19.3. The fourth-order valence-corrected chi connectivity index (χ4v) is 2.79. The van der Waals surface area contributed by atoms with Gasteiger partial charge in [0.1, 0.15) is 5.60 Å². The number of ketones is 1. The van der Waals surface area contributed by atoms with Gasteiger partial charge in [0.05, 0.1) is 11.1 Å². The largest absolute Gasteiger partial charge is 0.444 e. The molecule has 1 aliphatic carbocycles. The fourth-order valence-electron chi connectivity index (χ4n) is 2.79. The van der Waals surface area contributed by atoms with Crippen LogP contribution in [0, 0.1) is 0 Å². The topological polar surface area (TPSA) is 72.7 Å². The van der Waals surface area contributed by atoms with Crippen LogP contribution < -0.4 is 5.32 Å². The summed E-state index contributed by atoms with van der Waals surface area (Å²) in [5.41, 5.74) is -1.45. The summed E-state index contributed by atoms with van der Waals surface area (Å²) in [7, 11) is 0. The van der Waals surface area contributed by atoms with Crippen LogP contribution in [0.25, 0.3) is 11.1 Å². The van der Waals surface area contributed by atoms with E-state index in [0.717, 1.165) is 0 Å². The molecule has 0 radical (unpaired) electrons. The third kappa shape index (κ3) is 3.42. The quantitative estimate of drug-likeness (QED) is 0.833. The van der Waals surface area contributed by atoms with Gasteiger partial charge in [0.25, 0.3) is 0 Å². The zero-order valence-corrected chi connectivity index (χ0v) is 14.3. The van der Waals surface area contributed by atoms with Crippen LogP contribution in [0.2, 0.25) is 0 Å². The molecule has 0 fully saturated rings. The van der Waals surface area contributed by atoms with Gasteiger partial charge in [0.15, 0.2) is 11.6 Å². The Labute approximate surface area is 146 Å². The lowest BCUT2D eigenvalue weighted by molar-refractivity contribution is -0.114. The third-order valence-electron chi connectivity index (χ3n) is 3.66. The van der Waals surface area contributed by atoms with E-state index in [-0.39, 0.29) is 28.9 Å². The molecule has 2 heterocycles. The number of nitrogens with one attached hydrogen (secondary N) is 1. The SMILES string of the molecule is CC(C)(C)OC(=O)Nc1nccn2cc3c(c12)CC(=O)C=C3C(F)(F)F. The van der Waals surface area contributed by atoms with E-state index in [2.05, 4.69) is 10.3 Å². The summed E-state index contributed by atoms with van der Waals surface area (Å²) in [5, 5.41) is 2.44. The Morgan fingerprint density at radius 3 is 2.62 bits per heavy atom. The Morgan fingerprint density at radius 1 is 1.31 bits per heavy atom. The Hall–Kier alpha value is -2.84. The molecule has 2 aromatic heterocycles. The van der Waals surface area contributed by atoms with Crippen molar-refractivity contribution >= 4 is 28.8 Å². The number of nitrogens with zero attached hydrogens (tertiary/aromatic N) is 2. The Balaban J connectivity index is 2.10. The average molecular weight is 367 g/mol. The molecular weight excluding hydrogens is 351 g/mol. The molecule has 0 aromatic carbocycles. The van der Waals surface area contributed by atoms with Crippen LogP contribution in [0.3, 0.4) is 0 Å². The molecule has 0 spiro atoms. The predicted molar refractivity (Wildman–Crippen MR) is 87.8 cm³/mol. The van der Waals surface area contributed by atoms with Crippen molar-refractivity contribution in [3.05, 3.63) is 35.8 Å². The van der Waals surface area contributed by atoms with E-state index in [1.807, 2.05) is 0 Å². The maximum absolute atomic E-state index is 13.3. The highest BCUT2D eigenvalue weighted by atomic mass is 19.4. The monoisotopic (exact) mass is 367 g/mol. The standard InChI is InChI=1S/C17H16F3N3O3/c1-16(2,3)26-15(25)22-14-13-10-6-9(24)7-12(17(18,19)20)11(10)8-23(13)5-4-21-14/h4-5,7-8H,6H2,1-3H3,(H,21,22,25). The number of carbonyl (C=O) groups is 2. The number of halogens is 3. The van der Waals surface area contributed by atoms with E-state index in [4.69, 9.17) is 4.74 Å². The van der Waals surface area contributed by atoms with Crippen LogP contribution in [-0.2, 0) is 16.0 Å². The van der Waals surface area contributed by atoms with Crippen molar-refractivity contribution in [2.24, 2.45) is 0 Å². The van der Waals surface area contributed by atoms with Crippen molar-refractivity contribution in [3.8, 4) is 0 Å². The molecule has 3 rings (SSSR count). The molecule has 9 heteroatoms. The third-order valence-corrected chi connectivity index (χ3v) is 3.66. The van der Waals surface area contributed by atoms with Gasteiger partial charge in [-0.3, -0.25) is 10.1 Å². The Morgan fingerprint density at radius 2 is 2.00 bits per heavy atom. The molecule has 26 heavy (non-hydrogen) atoms. The van der Waals surface area contributed by atoms with E-state index in [9.17, 15) is 22.8 Å². The number of hydrogen-bond acceptors (Lipinski definition) is 4. The summed E-state index contributed by atoms with van der Waals surface area (Å²) < 4.78 is 46.4. The molecule has 2 aromatic rings. The molecule has 6 nitrogen and oxygen atoms in total. The molecular formula is C17H16F3N3O3. The maximum Gasteiger partial charge on any atom is 0.417 e. The van der Waals surface area contributed by atoms with E-state index in [0.29, 0.717) is 6.08 Å². The predicted octanol–water partition coefficient (Wildman–Crippen LogP) is 3.75.